The molecule has 1 heterocycles. The molecule has 8 heteroatoms. The molecule has 5 nitrogen and oxygen atoms in total. The highest BCUT2D eigenvalue weighted by Gasteiger charge is 2.18. The molecule has 0 amide bonds. The highest BCUT2D eigenvalue weighted by molar-refractivity contribution is 5.93. The minimum atomic E-state index is -2.85. The number of hydrogen-bond acceptors (Lipinski definition) is 5. The van der Waals surface area contributed by atoms with Crippen LogP contribution in [0.25, 0.3) is 10.9 Å². The highest BCUT2D eigenvalue weighted by atomic mass is 19.3. The van der Waals surface area contributed by atoms with Crippen LogP contribution < -0.4 is 9.47 Å². The summed E-state index contributed by atoms with van der Waals surface area (Å²) in [6, 6.07) is 8.59. The van der Waals surface area contributed by atoms with Crippen molar-refractivity contribution in [2.45, 2.75) is 20.3 Å². The molecule has 3 rings (SSSR count). The van der Waals surface area contributed by atoms with E-state index in [1.165, 1.54) is 24.3 Å². The van der Waals surface area contributed by atoms with Crippen molar-refractivity contribution in [2.24, 2.45) is 0 Å². The van der Waals surface area contributed by atoms with Crippen molar-refractivity contribution < 1.29 is 32.2 Å². The summed E-state index contributed by atoms with van der Waals surface area (Å²) >= 11 is 0. The largest absolute Gasteiger partial charge is 0.426 e. The van der Waals surface area contributed by atoms with Gasteiger partial charge in [0.15, 0.2) is 0 Å². The third-order valence-corrected chi connectivity index (χ3v) is 3.85. The van der Waals surface area contributed by atoms with Crippen LogP contribution in [-0.2, 0) is 4.79 Å². The van der Waals surface area contributed by atoms with Gasteiger partial charge in [-0.25, -0.2) is 22.9 Å². The molecule has 1 aromatic heterocycles. The predicted octanol–water partition coefficient (Wildman–Crippen LogP) is 4.76. The molecule has 0 aliphatic heterocycles. The number of hydrogen-bond donors (Lipinski definition) is 0. The molecule has 0 N–H and O–H groups in total. The monoisotopic (exact) mass is 389 g/mol. The molecule has 0 radical (unpaired) electrons. The summed E-state index contributed by atoms with van der Waals surface area (Å²) in [5.74, 6) is -1.91. The lowest BCUT2D eigenvalue weighted by molar-refractivity contribution is -0.131. The number of esters is 2. The molecule has 0 unspecified atom stereocenters. The minimum absolute atomic E-state index is 0.119. The lowest BCUT2D eigenvalue weighted by atomic mass is 10.1. The first-order valence-corrected chi connectivity index (χ1v) is 8.14. The van der Waals surface area contributed by atoms with Gasteiger partial charge in [0.05, 0.1) is 11.1 Å². The zero-order chi connectivity index (χ0) is 20.4. The maximum Gasteiger partial charge on any atom is 0.343 e. The summed E-state index contributed by atoms with van der Waals surface area (Å²) in [7, 11) is 0. The second-order valence-corrected chi connectivity index (χ2v) is 5.97. The Morgan fingerprint density at radius 1 is 1.00 bits per heavy atom. The summed E-state index contributed by atoms with van der Waals surface area (Å²) in [6.45, 7) is 2.74. The van der Waals surface area contributed by atoms with E-state index in [-0.39, 0.29) is 28.0 Å². The van der Waals surface area contributed by atoms with Gasteiger partial charge >= 0.3 is 11.9 Å². The van der Waals surface area contributed by atoms with E-state index in [4.69, 9.17) is 9.47 Å². The summed E-state index contributed by atoms with van der Waals surface area (Å²) < 4.78 is 49.5. The van der Waals surface area contributed by atoms with E-state index in [2.05, 4.69) is 4.98 Å². The van der Waals surface area contributed by atoms with Crippen molar-refractivity contribution in [3.05, 3.63) is 65.1 Å². The van der Waals surface area contributed by atoms with Crippen LogP contribution in [0.4, 0.5) is 13.2 Å². The number of carbonyl (C=O) groups is 2. The van der Waals surface area contributed by atoms with Crippen LogP contribution in [0.1, 0.15) is 35.0 Å². The minimum Gasteiger partial charge on any atom is -0.426 e. The van der Waals surface area contributed by atoms with Crippen molar-refractivity contribution in [2.75, 3.05) is 0 Å². The third kappa shape index (κ3) is 4.11. The van der Waals surface area contributed by atoms with E-state index < -0.39 is 29.9 Å². The van der Waals surface area contributed by atoms with E-state index in [1.54, 1.807) is 6.92 Å². The summed E-state index contributed by atoms with van der Waals surface area (Å²) in [5.41, 5.74) is 0.204. The molecule has 0 aliphatic rings. The number of aryl methyl sites for hydroxylation is 1. The molecule has 0 saturated heterocycles. The van der Waals surface area contributed by atoms with Gasteiger partial charge in [0.25, 0.3) is 6.43 Å². The maximum absolute atomic E-state index is 13.1. The summed E-state index contributed by atoms with van der Waals surface area (Å²) in [4.78, 5) is 27.5. The zero-order valence-electron chi connectivity index (χ0n) is 14.8. The van der Waals surface area contributed by atoms with Gasteiger partial charge in [-0.1, -0.05) is 0 Å². The van der Waals surface area contributed by atoms with Gasteiger partial charge in [-0.3, -0.25) is 4.79 Å². The molecule has 3 aromatic rings. The van der Waals surface area contributed by atoms with Crippen LogP contribution in [0.3, 0.4) is 0 Å². The smallest absolute Gasteiger partial charge is 0.343 e. The number of nitrogens with zero attached hydrogens (tertiary/aromatic N) is 1. The number of halogens is 3. The van der Waals surface area contributed by atoms with Crippen LogP contribution in [-0.4, -0.2) is 16.9 Å². The number of aromatic nitrogens is 1. The fraction of sp³-hybridized carbons (Fsp3) is 0.150. The van der Waals surface area contributed by atoms with Crippen molar-refractivity contribution in [3.8, 4) is 11.5 Å². The number of benzene rings is 2. The highest BCUT2D eigenvalue weighted by Crippen LogP contribution is 2.34. The van der Waals surface area contributed by atoms with Crippen molar-refractivity contribution in [1.29, 1.82) is 0 Å². The van der Waals surface area contributed by atoms with Gasteiger partial charge < -0.3 is 9.47 Å². The molecule has 2 aromatic carbocycles. The van der Waals surface area contributed by atoms with Crippen molar-refractivity contribution >= 4 is 22.8 Å². The molecule has 0 aliphatic carbocycles. The quantitative estimate of drug-likeness (QED) is 0.475. The Labute approximate surface area is 157 Å². The number of ether oxygens (including phenoxy) is 2. The van der Waals surface area contributed by atoms with E-state index in [0.29, 0.717) is 5.56 Å². The Hall–Kier alpha value is -3.42. The van der Waals surface area contributed by atoms with Gasteiger partial charge in [-0.2, -0.15) is 0 Å². The maximum atomic E-state index is 13.1. The first kappa shape index (κ1) is 19.3. The fourth-order valence-electron chi connectivity index (χ4n) is 2.55. The second kappa shape index (κ2) is 7.67. The Kier molecular flexibility index (Phi) is 5.30. The number of alkyl halides is 2. The zero-order valence-corrected chi connectivity index (χ0v) is 14.8. The predicted molar refractivity (Wildman–Crippen MR) is 94.1 cm³/mol. The first-order valence-electron chi connectivity index (χ1n) is 8.14. The lowest BCUT2D eigenvalue weighted by Gasteiger charge is -2.13. The summed E-state index contributed by atoms with van der Waals surface area (Å²) in [5, 5.41) is 0.229. The molecular weight excluding hydrogens is 375 g/mol. The molecule has 144 valence electrons. The molecule has 0 saturated carbocycles. The number of carbonyl (C=O) groups excluding carboxylic acids is 2. The number of fused-ring (bicyclic) bond motifs is 1. The van der Waals surface area contributed by atoms with Crippen LogP contribution in [0.5, 0.6) is 11.5 Å². The van der Waals surface area contributed by atoms with Gasteiger partial charge in [-0.05, 0) is 48.9 Å². The van der Waals surface area contributed by atoms with E-state index in [1.807, 2.05) is 0 Å². The van der Waals surface area contributed by atoms with Crippen LogP contribution in [0.15, 0.2) is 42.5 Å². The SMILES string of the molecule is CC(=O)Oc1cc(C(F)F)nc2cc(C)c(OC(=O)c3ccc(F)cc3)cc12. The lowest BCUT2D eigenvalue weighted by Crippen LogP contribution is -2.10. The average molecular weight is 389 g/mol. The van der Waals surface area contributed by atoms with Crippen molar-refractivity contribution in [1.82, 2.24) is 4.98 Å². The van der Waals surface area contributed by atoms with Gasteiger partial charge in [-0.15, -0.1) is 0 Å². The Morgan fingerprint density at radius 3 is 2.29 bits per heavy atom. The number of pyridine rings is 1. The van der Waals surface area contributed by atoms with E-state index in [9.17, 15) is 22.8 Å². The van der Waals surface area contributed by atoms with Gasteiger partial charge in [0.2, 0.25) is 0 Å². The Balaban J connectivity index is 2.05. The van der Waals surface area contributed by atoms with Crippen molar-refractivity contribution in [3.63, 3.8) is 0 Å². The molecule has 0 fully saturated rings. The normalized spacial score (nSPS) is 10.9. The van der Waals surface area contributed by atoms with E-state index >= 15 is 0 Å². The van der Waals surface area contributed by atoms with Gasteiger partial charge in [0.1, 0.15) is 23.0 Å². The summed E-state index contributed by atoms with van der Waals surface area (Å²) in [6.07, 6.45) is -2.85. The molecule has 0 spiro atoms. The standard InChI is InChI=1S/C20H14F3NO4/c1-10-7-15-14(18(27-11(2)25)9-16(24-15)19(22)23)8-17(10)28-20(26)12-3-5-13(21)6-4-12/h3-9,19H,1-2H3. The molecular formula is C20H14F3NO4. The molecule has 28 heavy (non-hydrogen) atoms. The van der Waals surface area contributed by atoms with Crippen LogP contribution in [0, 0.1) is 12.7 Å². The van der Waals surface area contributed by atoms with Gasteiger partial charge in [0, 0.05) is 18.4 Å². The molecule has 0 bridgehead atoms. The number of rotatable bonds is 4. The Morgan fingerprint density at radius 2 is 1.68 bits per heavy atom. The van der Waals surface area contributed by atoms with Crippen LogP contribution in [0.2, 0.25) is 0 Å². The fourth-order valence-corrected chi connectivity index (χ4v) is 2.55. The Bertz CT molecular complexity index is 1070. The average Bonchev–Trinajstić information content (AvgIpc) is 2.62. The molecule has 0 atom stereocenters. The topological polar surface area (TPSA) is 65.5 Å². The third-order valence-electron chi connectivity index (χ3n) is 3.85. The van der Waals surface area contributed by atoms with Crippen LogP contribution >= 0.6 is 0 Å². The first-order chi connectivity index (χ1) is 13.2. The second-order valence-electron chi connectivity index (χ2n) is 5.97. The van der Waals surface area contributed by atoms with E-state index in [0.717, 1.165) is 25.1 Å².